The van der Waals surface area contributed by atoms with Gasteiger partial charge in [-0.3, -0.25) is 0 Å². The van der Waals surface area contributed by atoms with Gasteiger partial charge in [0.2, 0.25) is 10.0 Å². The Bertz CT molecular complexity index is 600. The van der Waals surface area contributed by atoms with Crippen LogP contribution < -0.4 is 10.5 Å². The maximum Gasteiger partial charge on any atom is 0.241 e. The van der Waals surface area contributed by atoms with Gasteiger partial charge in [-0.05, 0) is 61.9 Å². The summed E-state index contributed by atoms with van der Waals surface area (Å²) in [5.74, 6) is -0.418. The second-order valence-electron chi connectivity index (χ2n) is 6.10. The maximum atomic E-state index is 13.3. The van der Waals surface area contributed by atoms with E-state index in [1.165, 1.54) is 12.1 Å². The highest BCUT2D eigenvalue weighted by Gasteiger charge is 2.34. The minimum Gasteiger partial charge on any atom is -0.330 e. The molecule has 0 bridgehead atoms. The summed E-state index contributed by atoms with van der Waals surface area (Å²) in [5, 5.41) is 0. The summed E-state index contributed by atoms with van der Waals surface area (Å²) < 4.78 is 41.0. The Kier molecular flexibility index (Phi) is 4.70. The molecule has 0 radical (unpaired) electrons. The first-order valence-electron chi connectivity index (χ1n) is 7.26. The molecule has 6 heteroatoms. The lowest BCUT2D eigenvalue weighted by atomic mass is 9.87. The molecule has 118 valence electrons. The SMILES string of the molecule is Cc1cc(F)cc(C)c1S(=O)(=O)NCC1(CN)CCCC1. The standard InChI is InChI=1S/C15H23FN2O2S/c1-11-7-13(16)8-12(2)14(11)21(19,20)18-10-15(9-17)5-3-4-6-15/h7-8,18H,3-6,9-10,17H2,1-2H3. The van der Waals surface area contributed by atoms with Crippen molar-refractivity contribution in [2.75, 3.05) is 13.1 Å². The highest BCUT2D eigenvalue weighted by Crippen LogP contribution is 2.36. The van der Waals surface area contributed by atoms with Gasteiger partial charge in [-0.1, -0.05) is 12.8 Å². The quantitative estimate of drug-likeness (QED) is 0.875. The second-order valence-corrected chi connectivity index (χ2v) is 7.81. The smallest absolute Gasteiger partial charge is 0.241 e. The van der Waals surface area contributed by atoms with E-state index in [2.05, 4.69) is 4.72 Å². The van der Waals surface area contributed by atoms with Crippen molar-refractivity contribution in [1.29, 1.82) is 0 Å². The Labute approximate surface area is 126 Å². The maximum absolute atomic E-state index is 13.3. The first-order chi connectivity index (χ1) is 9.80. The van der Waals surface area contributed by atoms with Gasteiger partial charge in [0.25, 0.3) is 0 Å². The molecule has 0 aliphatic heterocycles. The third kappa shape index (κ3) is 3.44. The van der Waals surface area contributed by atoms with Crippen molar-refractivity contribution in [3.8, 4) is 0 Å². The van der Waals surface area contributed by atoms with Crippen LogP contribution in [0.15, 0.2) is 17.0 Å². The topological polar surface area (TPSA) is 72.2 Å². The van der Waals surface area contributed by atoms with Crippen LogP contribution in [0.1, 0.15) is 36.8 Å². The summed E-state index contributed by atoms with van der Waals surface area (Å²) in [6.45, 7) is 4.05. The van der Waals surface area contributed by atoms with E-state index in [0.717, 1.165) is 25.7 Å². The molecule has 4 nitrogen and oxygen atoms in total. The first-order valence-corrected chi connectivity index (χ1v) is 8.74. The number of nitrogens with two attached hydrogens (primary N) is 1. The van der Waals surface area contributed by atoms with Crippen LogP contribution in [0.2, 0.25) is 0 Å². The molecular weight excluding hydrogens is 291 g/mol. The molecule has 3 N–H and O–H groups in total. The number of rotatable bonds is 5. The van der Waals surface area contributed by atoms with E-state index in [1.54, 1.807) is 13.8 Å². The average molecular weight is 314 g/mol. The summed E-state index contributed by atoms with van der Waals surface area (Å²) in [5.41, 5.74) is 6.55. The number of halogens is 1. The van der Waals surface area contributed by atoms with Crippen LogP contribution in [0.3, 0.4) is 0 Å². The van der Waals surface area contributed by atoms with E-state index in [1.807, 2.05) is 0 Å². The molecule has 1 aliphatic carbocycles. The number of benzene rings is 1. The number of nitrogens with one attached hydrogen (secondary N) is 1. The van der Waals surface area contributed by atoms with Crippen LogP contribution >= 0.6 is 0 Å². The fourth-order valence-electron chi connectivity index (χ4n) is 3.22. The monoisotopic (exact) mass is 314 g/mol. The summed E-state index contributed by atoms with van der Waals surface area (Å²) in [6.07, 6.45) is 4.09. The highest BCUT2D eigenvalue weighted by atomic mass is 32.2. The number of hydrogen-bond acceptors (Lipinski definition) is 3. The first kappa shape index (κ1) is 16.4. The van der Waals surface area contributed by atoms with Crippen molar-refractivity contribution in [1.82, 2.24) is 4.72 Å². The molecule has 0 unspecified atom stereocenters. The van der Waals surface area contributed by atoms with Crippen LogP contribution in [0.25, 0.3) is 0 Å². The minimum atomic E-state index is -3.65. The molecule has 0 atom stereocenters. The lowest BCUT2D eigenvalue weighted by Gasteiger charge is -2.27. The molecule has 0 spiro atoms. The van der Waals surface area contributed by atoms with Gasteiger partial charge in [-0.2, -0.15) is 0 Å². The van der Waals surface area contributed by atoms with Crippen molar-refractivity contribution in [2.24, 2.45) is 11.1 Å². The fourth-order valence-corrected chi connectivity index (χ4v) is 4.83. The molecule has 0 amide bonds. The van der Waals surface area contributed by atoms with Crippen LogP contribution in [0.4, 0.5) is 4.39 Å². The van der Waals surface area contributed by atoms with Gasteiger partial charge in [-0.25, -0.2) is 17.5 Å². The minimum absolute atomic E-state index is 0.130. The predicted octanol–water partition coefficient (Wildman–Crippen LogP) is 2.24. The number of sulfonamides is 1. The van der Waals surface area contributed by atoms with E-state index in [9.17, 15) is 12.8 Å². The summed E-state index contributed by atoms with van der Waals surface area (Å²) in [6, 6.07) is 2.49. The van der Waals surface area contributed by atoms with Crippen LogP contribution in [0.5, 0.6) is 0 Å². The van der Waals surface area contributed by atoms with E-state index >= 15 is 0 Å². The van der Waals surface area contributed by atoms with Gasteiger partial charge in [0.05, 0.1) is 4.90 Å². The Hall–Kier alpha value is -0.980. The Morgan fingerprint density at radius 2 is 1.76 bits per heavy atom. The van der Waals surface area contributed by atoms with Gasteiger partial charge < -0.3 is 5.73 Å². The lowest BCUT2D eigenvalue weighted by Crippen LogP contribution is -2.41. The van der Waals surface area contributed by atoms with Crippen LogP contribution in [-0.2, 0) is 10.0 Å². The molecule has 1 fully saturated rings. The van der Waals surface area contributed by atoms with Crippen molar-refractivity contribution in [3.63, 3.8) is 0 Å². The van der Waals surface area contributed by atoms with Gasteiger partial charge >= 0.3 is 0 Å². The Balaban J connectivity index is 2.23. The number of aryl methyl sites for hydroxylation is 2. The Morgan fingerprint density at radius 3 is 2.24 bits per heavy atom. The van der Waals surface area contributed by atoms with Crippen LogP contribution in [-0.4, -0.2) is 21.5 Å². The van der Waals surface area contributed by atoms with Gasteiger partial charge in [-0.15, -0.1) is 0 Å². The third-order valence-corrected chi connectivity index (χ3v) is 6.13. The molecule has 1 saturated carbocycles. The zero-order valence-corrected chi connectivity index (χ0v) is 13.4. The largest absolute Gasteiger partial charge is 0.330 e. The van der Waals surface area contributed by atoms with E-state index in [-0.39, 0.29) is 10.3 Å². The molecule has 2 rings (SSSR count). The van der Waals surface area contributed by atoms with Crippen molar-refractivity contribution < 1.29 is 12.8 Å². The van der Waals surface area contributed by atoms with Crippen LogP contribution in [0, 0.1) is 25.1 Å². The van der Waals surface area contributed by atoms with Gasteiger partial charge in [0.15, 0.2) is 0 Å². The zero-order valence-electron chi connectivity index (χ0n) is 12.6. The number of hydrogen-bond donors (Lipinski definition) is 2. The molecule has 1 aliphatic rings. The zero-order chi connectivity index (χ0) is 15.7. The predicted molar refractivity (Wildman–Crippen MR) is 81.0 cm³/mol. The summed E-state index contributed by atoms with van der Waals surface area (Å²) in [7, 11) is -3.65. The molecule has 0 saturated heterocycles. The van der Waals surface area contributed by atoms with Crippen molar-refractivity contribution in [3.05, 3.63) is 29.1 Å². The molecule has 1 aromatic rings. The fraction of sp³-hybridized carbons (Fsp3) is 0.600. The van der Waals surface area contributed by atoms with Crippen molar-refractivity contribution >= 4 is 10.0 Å². The second kappa shape index (κ2) is 6.02. The molecule has 0 heterocycles. The lowest BCUT2D eigenvalue weighted by molar-refractivity contribution is 0.309. The van der Waals surface area contributed by atoms with E-state index in [4.69, 9.17) is 5.73 Å². The summed E-state index contributed by atoms with van der Waals surface area (Å²) in [4.78, 5) is 0.175. The molecule has 1 aromatic carbocycles. The normalized spacial score (nSPS) is 18.1. The Morgan fingerprint density at radius 1 is 1.24 bits per heavy atom. The van der Waals surface area contributed by atoms with Crippen molar-refractivity contribution in [2.45, 2.75) is 44.4 Å². The average Bonchev–Trinajstić information content (AvgIpc) is 2.84. The molecule has 21 heavy (non-hydrogen) atoms. The molecular formula is C15H23FN2O2S. The summed E-state index contributed by atoms with van der Waals surface area (Å²) >= 11 is 0. The van der Waals surface area contributed by atoms with Gasteiger partial charge in [0.1, 0.15) is 5.82 Å². The molecule has 0 aromatic heterocycles. The third-order valence-electron chi connectivity index (χ3n) is 4.43. The highest BCUT2D eigenvalue weighted by molar-refractivity contribution is 7.89. The van der Waals surface area contributed by atoms with E-state index in [0.29, 0.717) is 24.2 Å². The van der Waals surface area contributed by atoms with Gasteiger partial charge in [0, 0.05) is 6.54 Å². The van der Waals surface area contributed by atoms with E-state index < -0.39 is 15.8 Å².